The molecule has 0 aromatic rings. The molecule has 9 atom stereocenters. The molecule has 0 radical (unpaired) electrons. The van der Waals surface area contributed by atoms with E-state index >= 15 is 0 Å². The van der Waals surface area contributed by atoms with Crippen LogP contribution < -0.4 is 0 Å². The molecule has 0 aromatic carbocycles. The van der Waals surface area contributed by atoms with Crippen LogP contribution in [0.2, 0.25) is 0 Å². The number of hydrogen-bond donors (Lipinski definition) is 10. The molecule has 9 unspecified atom stereocenters. The number of hydrogen-bond acceptors (Lipinski definition) is 15. The van der Waals surface area contributed by atoms with Crippen LogP contribution in [-0.4, -0.2) is 181 Å². The third kappa shape index (κ3) is 73.9. The second-order valence-corrected chi connectivity index (χ2v) is 19.9. The van der Waals surface area contributed by atoms with Crippen LogP contribution >= 0.6 is 0 Å². The highest BCUT2D eigenvalue weighted by molar-refractivity contribution is 4.57. The second kappa shape index (κ2) is 64.5. The number of aliphatic hydroxyl groups is 10. The predicted molar refractivity (Wildman–Crippen MR) is 286 cm³/mol. The molecule has 15 nitrogen and oxygen atoms in total. The Morgan fingerprint density at radius 1 is 0.286 bits per heavy atom. The SMILES string of the molecule is CC(C)CCCCCOCC(O)CO.CCC(C)CCCCOCC(O)CO.CCCC(C)CCCOCC(O)CO.CCCCC(C)CCOCC(O)CO.CCCCCC(C)COCC(O)CO. The number of ether oxygens (including phenoxy) is 5. The van der Waals surface area contributed by atoms with Crippen molar-refractivity contribution in [2.45, 2.75) is 228 Å². The standard InChI is InChI=1S/5C11H24O3/c1-10(2)6-4-3-5-7-14-9-11(13)8-12;1-3-10(2)6-4-5-7-14-9-11(13)8-12;1-3-5-10(2)6-4-7-14-9-11(13)8-12;1-3-4-5-10(2)6-7-14-9-11(13)8-12;1-3-4-5-6-10(2)8-14-9-11(13)7-12/h5*10-13H,3-9H2,1-2H3. The Balaban J connectivity index is -0.000000251. The third-order valence-electron chi connectivity index (χ3n) is 11.4. The van der Waals surface area contributed by atoms with Gasteiger partial charge < -0.3 is 74.7 Å². The molecule has 0 saturated carbocycles. The largest absolute Gasteiger partial charge is 0.394 e. The van der Waals surface area contributed by atoms with Gasteiger partial charge in [0.2, 0.25) is 0 Å². The van der Waals surface area contributed by atoms with Crippen molar-refractivity contribution >= 4 is 0 Å². The average molecular weight is 1020 g/mol. The molecule has 0 heterocycles. The molecule has 70 heavy (non-hydrogen) atoms. The fourth-order valence-electron chi connectivity index (χ4n) is 6.36. The van der Waals surface area contributed by atoms with Crippen LogP contribution in [0.25, 0.3) is 0 Å². The summed E-state index contributed by atoms with van der Waals surface area (Å²) in [5.41, 5.74) is 0. The summed E-state index contributed by atoms with van der Waals surface area (Å²) >= 11 is 0. The molecular formula is C55H120O15. The van der Waals surface area contributed by atoms with Crippen molar-refractivity contribution in [1.29, 1.82) is 0 Å². The van der Waals surface area contributed by atoms with E-state index in [9.17, 15) is 0 Å². The minimum absolute atomic E-state index is 0.215. The van der Waals surface area contributed by atoms with E-state index in [-0.39, 0.29) is 66.1 Å². The minimum atomic E-state index is -0.724. The smallest absolute Gasteiger partial charge is 0.100 e. The van der Waals surface area contributed by atoms with Gasteiger partial charge in [-0.25, -0.2) is 0 Å². The van der Waals surface area contributed by atoms with E-state index in [2.05, 4.69) is 69.2 Å². The molecule has 15 heteroatoms. The highest BCUT2D eigenvalue weighted by Gasteiger charge is 2.08. The lowest BCUT2D eigenvalue weighted by Gasteiger charge is -2.13. The van der Waals surface area contributed by atoms with Gasteiger partial charge in [-0.05, 0) is 68.1 Å². The van der Waals surface area contributed by atoms with Gasteiger partial charge in [-0.3, -0.25) is 0 Å². The van der Waals surface area contributed by atoms with Gasteiger partial charge in [0.15, 0.2) is 0 Å². The van der Waals surface area contributed by atoms with Gasteiger partial charge in [0.05, 0.1) is 66.1 Å². The monoisotopic (exact) mass is 1020 g/mol. The fraction of sp³-hybridized carbons (Fsp3) is 1.00. The first-order valence-corrected chi connectivity index (χ1v) is 27.8. The molecule has 0 saturated heterocycles. The Hall–Kier alpha value is -0.600. The zero-order valence-electron chi connectivity index (χ0n) is 47.0. The van der Waals surface area contributed by atoms with Crippen molar-refractivity contribution in [1.82, 2.24) is 0 Å². The van der Waals surface area contributed by atoms with Gasteiger partial charge in [-0.1, -0.05) is 159 Å². The Morgan fingerprint density at radius 2 is 0.643 bits per heavy atom. The Bertz CT molecular complexity index is 895. The van der Waals surface area contributed by atoms with Crippen molar-refractivity contribution in [3.05, 3.63) is 0 Å². The second-order valence-electron chi connectivity index (χ2n) is 19.9. The summed E-state index contributed by atoms with van der Waals surface area (Å²) in [5, 5.41) is 87.5. The normalized spacial score (nSPS) is 15.0. The molecule has 0 amide bonds. The molecular weight excluding hydrogens is 901 g/mol. The molecule has 0 bridgehead atoms. The molecule has 0 fully saturated rings. The number of unbranched alkanes of at least 4 members (excludes halogenated alkanes) is 6. The van der Waals surface area contributed by atoms with Gasteiger partial charge in [-0.2, -0.15) is 0 Å². The average Bonchev–Trinajstić information content (AvgIpc) is 3.35. The van der Waals surface area contributed by atoms with Crippen LogP contribution in [-0.2, 0) is 23.7 Å². The van der Waals surface area contributed by atoms with Crippen molar-refractivity contribution < 1.29 is 74.7 Å². The Morgan fingerprint density at radius 3 is 1.07 bits per heavy atom. The van der Waals surface area contributed by atoms with E-state index < -0.39 is 30.5 Å². The molecule has 0 aliphatic rings. The molecule has 0 spiro atoms. The van der Waals surface area contributed by atoms with E-state index in [1.54, 1.807) is 0 Å². The molecule has 10 N–H and O–H groups in total. The van der Waals surface area contributed by atoms with E-state index in [4.69, 9.17) is 74.7 Å². The topological polar surface area (TPSA) is 248 Å². The van der Waals surface area contributed by atoms with Gasteiger partial charge in [-0.15, -0.1) is 0 Å². The van der Waals surface area contributed by atoms with Crippen molar-refractivity contribution in [2.24, 2.45) is 29.6 Å². The summed E-state index contributed by atoms with van der Waals surface area (Å²) < 4.78 is 26.1. The number of aliphatic hydroxyl groups excluding tert-OH is 10. The predicted octanol–water partition coefficient (Wildman–Crippen LogP) is 7.86. The summed E-state index contributed by atoms with van der Waals surface area (Å²) in [5.74, 6) is 3.60. The highest BCUT2D eigenvalue weighted by atomic mass is 16.5. The summed E-state index contributed by atoms with van der Waals surface area (Å²) in [6.45, 7) is 25.7. The van der Waals surface area contributed by atoms with Gasteiger partial charge in [0.1, 0.15) is 30.5 Å². The number of rotatable bonds is 45. The first kappa shape index (κ1) is 78.3. The quantitative estimate of drug-likeness (QED) is 0.0261. The van der Waals surface area contributed by atoms with Crippen LogP contribution in [0.1, 0.15) is 198 Å². The summed E-state index contributed by atoms with van der Waals surface area (Å²) in [7, 11) is 0. The van der Waals surface area contributed by atoms with Crippen LogP contribution in [0.5, 0.6) is 0 Å². The first-order valence-electron chi connectivity index (χ1n) is 27.8. The minimum Gasteiger partial charge on any atom is -0.394 e. The third-order valence-corrected chi connectivity index (χ3v) is 11.4. The van der Waals surface area contributed by atoms with E-state index in [1.807, 2.05) is 0 Å². The molecule has 0 aliphatic heterocycles. The maximum absolute atomic E-state index is 9.01. The van der Waals surface area contributed by atoms with Crippen LogP contribution in [0.15, 0.2) is 0 Å². The van der Waals surface area contributed by atoms with E-state index in [0.717, 1.165) is 43.4 Å². The highest BCUT2D eigenvalue weighted by Crippen LogP contribution is 2.14. The summed E-state index contributed by atoms with van der Waals surface area (Å²) in [4.78, 5) is 0. The summed E-state index contributed by atoms with van der Waals surface area (Å²) in [6, 6.07) is 0. The molecule has 0 rings (SSSR count). The van der Waals surface area contributed by atoms with Crippen LogP contribution in [0, 0.1) is 29.6 Å². The van der Waals surface area contributed by atoms with Crippen LogP contribution in [0.3, 0.4) is 0 Å². The Labute approximate surface area is 430 Å². The molecule has 430 valence electrons. The van der Waals surface area contributed by atoms with Crippen molar-refractivity contribution in [3.8, 4) is 0 Å². The van der Waals surface area contributed by atoms with Crippen molar-refractivity contribution in [2.75, 3.05) is 99.1 Å². The van der Waals surface area contributed by atoms with Crippen LogP contribution in [0.4, 0.5) is 0 Å². The first-order chi connectivity index (χ1) is 33.5. The maximum Gasteiger partial charge on any atom is 0.100 e. The van der Waals surface area contributed by atoms with Gasteiger partial charge in [0, 0.05) is 33.0 Å². The van der Waals surface area contributed by atoms with Gasteiger partial charge >= 0.3 is 0 Å². The molecule has 0 aromatic heterocycles. The lowest BCUT2D eigenvalue weighted by molar-refractivity contribution is -0.00381. The van der Waals surface area contributed by atoms with Gasteiger partial charge in [0.25, 0.3) is 0 Å². The maximum atomic E-state index is 9.01. The molecule has 0 aliphatic carbocycles. The van der Waals surface area contributed by atoms with Crippen molar-refractivity contribution in [3.63, 3.8) is 0 Å². The summed E-state index contributed by atoms with van der Waals surface area (Å²) in [6.07, 6.45) is 20.4. The fourth-order valence-corrected chi connectivity index (χ4v) is 6.36. The lowest BCUT2D eigenvalue weighted by atomic mass is 10.0. The van der Waals surface area contributed by atoms with E-state index in [1.165, 1.54) is 103 Å². The van der Waals surface area contributed by atoms with E-state index in [0.29, 0.717) is 44.9 Å². The zero-order valence-corrected chi connectivity index (χ0v) is 47.0. The lowest BCUT2D eigenvalue weighted by Crippen LogP contribution is -2.21. The Kier molecular flexibility index (Phi) is 72.2. The zero-order chi connectivity index (χ0) is 54.1.